The van der Waals surface area contributed by atoms with Crippen LogP contribution in [-0.4, -0.2) is 17.1 Å². The van der Waals surface area contributed by atoms with Crippen LogP contribution in [0.4, 0.5) is 0 Å². The smallest absolute Gasteiger partial charge is 0.320 e. The number of halogens is 2. The largest absolute Gasteiger partial charge is 0.480 e. The molecule has 1 atom stereocenters. The van der Waals surface area contributed by atoms with Crippen LogP contribution in [0.3, 0.4) is 0 Å². The number of hydrogen-bond acceptors (Lipinski definition) is 2. The lowest BCUT2D eigenvalue weighted by Crippen LogP contribution is -2.37. The molecule has 0 spiro atoms. The van der Waals surface area contributed by atoms with Crippen molar-refractivity contribution in [3.63, 3.8) is 0 Å². The molecule has 0 aliphatic carbocycles. The zero-order valence-electron chi connectivity index (χ0n) is 12.0. The van der Waals surface area contributed by atoms with Gasteiger partial charge in [-0.15, -0.1) is 0 Å². The van der Waals surface area contributed by atoms with Crippen molar-refractivity contribution in [2.24, 2.45) is 5.41 Å². The van der Waals surface area contributed by atoms with Gasteiger partial charge in [-0.25, -0.2) is 0 Å². The molecular formula is C15H21Cl2NO2. The van der Waals surface area contributed by atoms with Gasteiger partial charge in [0.05, 0.1) is 0 Å². The fourth-order valence-electron chi connectivity index (χ4n) is 1.84. The summed E-state index contributed by atoms with van der Waals surface area (Å²) in [6, 6.07) is 4.65. The summed E-state index contributed by atoms with van der Waals surface area (Å²) in [4.78, 5) is 11.3. The normalized spacial score (nSPS) is 13.2. The molecule has 0 heterocycles. The third-order valence-corrected chi connectivity index (χ3v) is 3.39. The standard InChI is InChI=1S/C15H21Cl2NO2/c1-15(2,3)5-4-13(14(19)20)18-9-10-6-11(16)8-12(17)7-10/h6-8,13,18H,4-5,9H2,1-3H3,(H,19,20). The topological polar surface area (TPSA) is 49.3 Å². The molecule has 0 aliphatic heterocycles. The van der Waals surface area contributed by atoms with Crippen molar-refractivity contribution in [1.29, 1.82) is 0 Å². The minimum absolute atomic E-state index is 0.120. The first-order valence-electron chi connectivity index (χ1n) is 6.58. The number of aliphatic carboxylic acids is 1. The Kier molecular flexibility index (Phi) is 6.31. The van der Waals surface area contributed by atoms with Crippen molar-refractivity contribution < 1.29 is 9.90 Å². The van der Waals surface area contributed by atoms with Gasteiger partial charge in [0.25, 0.3) is 0 Å². The van der Waals surface area contributed by atoms with Gasteiger partial charge < -0.3 is 10.4 Å². The molecule has 0 aliphatic rings. The van der Waals surface area contributed by atoms with Crippen molar-refractivity contribution in [1.82, 2.24) is 5.32 Å². The molecule has 5 heteroatoms. The fraction of sp³-hybridized carbons (Fsp3) is 0.533. The molecule has 1 rings (SSSR count). The van der Waals surface area contributed by atoms with Crippen LogP contribution >= 0.6 is 23.2 Å². The maximum Gasteiger partial charge on any atom is 0.320 e. The Balaban J connectivity index is 2.60. The number of carboxylic acids is 1. The summed E-state index contributed by atoms with van der Waals surface area (Å²) in [5.74, 6) is -0.831. The molecule has 0 amide bonds. The van der Waals surface area contributed by atoms with E-state index in [2.05, 4.69) is 26.1 Å². The zero-order chi connectivity index (χ0) is 15.3. The number of carbonyl (C=O) groups is 1. The minimum atomic E-state index is -0.831. The third kappa shape index (κ3) is 6.60. The maximum absolute atomic E-state index is 11.3. The lowest BCUT2D eigenvalue weighted by molar-refractivity contribution is -0.139. The average Bonchev–Trinajstić information content (AvgIpc) is 2.25. The summed E-state index contributed by atoms with van der Waals surface area (Å²) in [6.07, 6.45) is 1.43. The van der Waals surface area contributed by atoms with Gasteiger partial charge in [-0.05, 0) is 42.0 Å². The lowest BCUT2D eigenvalue weighted by Gasteiger charge is -2.21. The van der Waals surface area contributed by atoms with E-state index >= 15 is 0 Å². The molecule has 0 aromatic heterocycles. The molecule has 0 bridgehead atoms. The first-order chi connectivity index (χ1) is 9.17. The van der Waals surface area contributed by atoms with E-state index in [0.717, 1.165) is 12.0 Å². The van der Waals surface area contributed by atoms with Crippen LogP contribution in [-0.2, 0) is 11.3 Å². The molecule has 1 aromatic carbocycles. The Morgan fingerprint density at radius 2 is 1.80 bits per heavy atom. The van der Waals surface area contributed by atoms with E-state index in [4.69, 9.17) is 23.2 Å². The zero-order valence-corrected chi connectivity index (χ0v) is 13.6. The van der Waals surface area contributed by atoms with Crippen LogP contribution in [0.15, 0.2) is 18.2 Å². The minimum Gasteiger partial charge on any atom is -0.480 e. The van der Waals surface area contributed by atoms with Gasteiger partial charge in [0.15, 0.2) is 0 Å². The van der Waals surface area contributed by atoms with Gasteiger partial charge in [0.1, 0.15) is 6.04 Å². The highest BCUT2D eigenvalue weighted by molar-refractivity contribution is 6.34. The second-order valence-corrected chi connectivity index (χ2v) is 7.02. The van der Waals surface area contributed by atoms with Gasteiger partial charge in [-0.2, -0.15) is 0 Å². The quantitative estimate of drug-likeness (QED) is 0.819. The molecule has 0 fully saturated rings. The SMILES string of the molecule is CC(C)(C)CCC(NCc1cc(Cl)cc(Cl)c1)C(=O)O. The molecule has 2 N–H and O–H groups in total. The Morgan fingerprint density at radius 3 is 2.25 bits per heavy atom. The Morgan fingerprint density at radius 1 is 1.25 bits per heavy atom. The Bertz CT molecular complexity index is 449. The maximum atomic E-state index is 11.3. The van der Waals surface area contributed by atoms with Gasteiger partial charge in [-0.3, -0.25) is 4.79 Å². The van der Waals surface area contributed by atoms with E-state index in [0.29, 0.717) is 23.0 Å². The third-order valence-electron chi connectivity index (χ3n) is 2.96. The number of rotatable bonds is 6. The molecule has 1 unspecified atom stereocenters. The van der Waals surface area contributed by atoms with Gasteiger partial charge >= 0.3 is 5.97 Å². The van der Waals surface area contributed by atoms with Crippen molar-refractivity contribution in [3.8, 4) is 0 Å². The summed E-state index contributed by atoms with van der Waals surface area (Å²) in [5, 5.41) is 13.4. The van der Waals surface area contributed by atoms with Crippen molar-refractivity contribution in [2.45, 2.75) is 46.2 Å². The second kappa shape index (κ2) is 7.30. The molecule has 0 saturated heterocycles. The van der Waals surface area contributed by atoms with Crippen molar-refractivity contribution in [3.05, 3.63) is 33.8 Å². The molecule has 0 saturated carbocycles. The summed E-state index contributed by atoms with van der Waals surface area (Å²) < 4.78 is 0. The summed E-state index contributed by atoms with van der Waals surface area (Å²) >= 11 is 11.8. The van der Waals surface area contributed by atoms with Crippen LogP contribution in [0.1, 0.15) is 39.2 Å². The van der Waals surface area contributed by atoms with Crippen molar-refractivity contribution in [2.75, 3.05) is 0 Å². The highest BCUT2D eigenvalue weighted by Gasteiger charge is 2.20. The second-order valence-electron chi connectivity index (χ2n) is 6.15. The molecule has 3 nitrogen and oxygen atoms in total. The summed E-state index contributed by atoms with van der Waals surface area (Å²) in [6.45, 7) is 6.73. The summed E-state index contributed by atoms with van der Waals surface area (Å²) in [7, 11) is 0. The van der Waals surface area contributed by atoms with Crippen LogP contribution < -0.4 is 5.32 Å². The Hall–Kier alpha value is -0.770. The van der Waals surface area contributed by atoms with Crippen LogP contribution in [0.2, 0.25) is 10.0 Å². The molecule has 20 heavy (non-hydrogen) atoms. The van der Waals surface area contributed by atoms with E-state index in [-0.39, 0.29) is 5.41 Å². The lowest BCUT2D eigenvalue weighted by atomic mass is 9.88. The van der Waals surface area contributed by atoms with Crippen LogP contribution in [0.25, 0.3) is 0 Å². The first kappa shape index (κ1) is 17.3. The molecular weight excluding hydrogens is 297 g/mol. The van der Waals surface area contributed by atoms with Gasteiger partial charge in [0.2, 0.25) is 0 Å². The van der Waals surface area contributed by atoms with E-state index in [1.165, 1.54) is 0 Å². The van der Waals surface area contributed by atoms with Crippen LogP contribution in [0.5, 0.6) is 0 Å². The first-order valence-corrected chi connectivity index (χ1v) is 7.34. The van der Waals surface area contributed by atoms with E-state index in [1.807, 2.05) is 0 Å². The fourth-order valence-corrected chi connectivity index (χ4v) is 2.42. The molecule has 112 valence electrons. The van der Waals surface area contributed by atoms with Gasteiger partial charge in [0, 0.05) is 16.6 Å². The molecule has 1 aromatic rings. The van der Waals surface area contributed by atoms with Crippen molar-refractivity contribution >= 4 is 29.2 Å². The number of benzene rings is 1. The monoisotopic (exact) mass is 317 g/mol. The van der Waals surface area contributed by atoms with E-state index < -0.39 is 12.0 Å². The summed E-state index contributed by atoms with van der Waals surface area (Å²) in [5.41, 5.74) is 0.999. The highest BCUT2D eigenvalue weighted by Crippen LogP contribution is 2.22. The number of carboxylic acid groups (broad SMARTS) is 1. The van der Waals surface area contributed by atoms with Crippen LogP contribution in [0, 0.1) is 5.41 Å². The predicted molar refractivity (Wildman–Crippen MR) is 83.4 cm³/mol. The highest BCUT2D eigenvalue weighted by atomic mass is 35.5. The van der Waals surface area contributed by atoms with Gasteiger partial charge in [-0.1, -0.05) is 44.0 Å². The number of hydrogen-bond donors (Lipinski definition) is 2. The number of nitrogens with one attached hydrogen (secondary N) is 1. The average molecular weight is 318 g/mol. The Labute approximate surface area is 130 Å². The van der Waals surface area contributed by atoms with E-state index in [9.17, 15) is 9.90 Å². The predicted octanol–water partition coefficient (Wildman–Crippen LogP) is 4.36. The molecule has 0 radical (unpaired) electrons. The van der Waals surface area contributed by atoms with E-state index in [1.54, 1.807) is 18.2 Å².